The number of hydrogen-bond acceptors (Lipinski definition) is 5. The number of Topliss-reactive ketones (excluding diaryl/α,β-unsaturated/α-hetero) is 1. The van der Waals surface area contributed by atoms with Gasteiger partial charge >= 0.3 is 0 Å². The number of carbonyl (C=O) groups excluding carboxylic acids is 1. The fraction of sp³-hybridized carbons (Fsp3) is 0.342. The maximum absolute atomic E-state index is 14.7. The first-order valence-corrected chi connectivity index (χ1v) is 19.2. The Labute approximate surface area is 279 Å². The Kier molecular flexibility index (Phi) is 9.28. The van der Waals surface area contributed by atoms with Gasteiger partial charge in [0.1, 0.15) is 5.78 Å². The van der Waals surface area contributed by atoms with Gasteiger partial charge in [0.25, 0.3) is 0 Å². The van der Waals surface area contributed by atoms with Gasteiger partial charge in [-0.2, -0.15) is 8.61 Å². The molecule has 4 atom stereocenters. The van der Waals surface area contributed by atoms with Gasteiger partial charge in [0, 0.05) is 24.9 Å². The number of fused-ring (bicyclic) bond motifs is 1. The maximum atomic E-state index is 14.7. The molecule has 0 saturated carbocycles. The van der Waals surface area contributed by atoms with E-state index >= 15 is 0 Å². The van der Waals surface area contributed by atoms with Crippen LogP contribution < -0.4 is 0 Å². The smallest absolute Gasteiger partial charge is 0.243 e. The summed E-state index contributed by atoms with van der Waals surface area (Å²) in [7, 11) is -8.13. The van der Waals surface area contributed by atoms with Crippen LogP contribution in [0, 0.1) is 19.8 Å². The molecule has 0 bridgehead atoms. The van der Waals surface area contributed by atoms with Gasteiger partial charge in [-0.3, -0.25) is 4.79 Å². The summed E-state index contributed by atoms with van der Waals surface area (Å²) < 4.78 is 61.1. The summed E-state index contributed by atoms with van der Waals surface area (Å²) in [6, 6.07) is 27.0. The molecule has 2 fully saturated rings. The molecular weight excluding hydrogens is 629 g/mol. The molecule has 0 spiro atoms. The summed E-state index contributed by atoms with van der Waals surface area (Å²) in [5.41, 5.74) is 5.63. The highest BCUT2D eigenvalue weighted by Gasteiger charge is 2.54. The van der Waals surface area contributed by atoms with E-state index in [-0.39, 0.29) is 35.0 Å². The summed E-state index contributed by atoms with van der Waals surface area (Å²) in [6.07, 6.45) is 1.77. The Morgan fingerprint density at radius 1 is 0.617 bits per heavy atom. The molecule has 4 unspecified atom stereocenters. The maximum Gasteiger partial charge on any atom is 0.243 e. The lowest BCUT2D eigenvalue weighted by atomic mass is 9.77. The standard InChI is InChI=1S/C38H42N2O5S2/c1-5-28-11-15-30(16-12-28)35-23-37-34(25-39(35)46(42,43)32-19-7-26(3)8-20-32)38(41)24-36(31-17-13-29(6-2)14-18-31)40(37)47(44,45)33-21-9-27(4)10-22-33/h7-22,34-37H,5-6,23-25H2,1-4H3. The van der Waals surface area contributed by atoms with Crippen LogP contribution >= 0.6 is 0 Å². The summed E-state index contributed by atoms with van der Waals surface area (Å²) in [4.78, 5) is 14.4. The number of rotatable bonds is 8. The number of piperidine rings is 2. The van der Waals surface area contributed by atoms with Gasteiger partial charge in [0.2, 0.25) is 20.0 Å². The fourth-order valence-corrected chi connectivity index (χ4v) is 10.5. The third-order valence-electron chi connectivity index (χ3n) is 9.87. The van der Waals surface area contributed by atoms with E-state index in [1.807, 2.05) is 62.4 Å². The zero-order valence-corrected chi connectivity index (χ0v) is 29.0. The van der Waals surface area contributed by atoms with Crippen LogP contribution in [0.25, 0.3) is 0 Å². The SMILES string of the molecule is CCc1ccc(C2CC3C(CN2S(=O)(=O)c2ccc(C)cc2)C(=O)CC(c2ccc(CC)cc2)N3S(=O)(=O)c2ccc(C)cc2)cc1. The van der Waals surface area contributed by atoms with Crippen LogP contribution in [0.3, 0.4) is 0 Å². The second-order valence-electron chi connectivity index (χ2n) is 12.8. The normalized spacial score (nSPS) is 22.6. The van der Waals surface area contributed by atoms with Crippen molar-refractivity contribution in [3.63, 3.8) is 0 Å². The highest BCUT2D eigenvalue weighted by molar-refractivity contribution is 7.89. The van der Waals surface area contributed by atoms with Crippen LogP contribution in [0.4, 0.5) is 0 Å². The molecule has 9 heteroatoms. The number of benzene rings is 4. The minimum absolute atomic E-state index is 0.0357. The van der Waals surface area contributed by atoms with Crippen molar-refractivity contribution in [2.45, 2.75) is 81.3 Å². The zero-order chi connectivity index (χ0) is 33.5. The molecule has 0 aliphatic carbocycles. The molecule has 4 aromatic rings. The molecule has 0 radical (unpaired) electrons. The molecular formula is C38H42N2O5S2. The van der Waals surface area contributed by atoms with Crippen molar-refractivity contribution in [1.29, 1.82) is 0 Å². The molecule has 246 valence electrons. The molecule has 47 heavy (non-hydrogen) atoms. The monoisotopic (exact) mass is 670 g/mol. The van der Waals surface area contributed by atoms with E-state index < -0.39 is 44.1 Å². The van der Waals surface area contributed by atoms with Crippen molar-refractivity contribution in [1.82, 2.24) is 8.61 Å². The number of sulfonamides is 2. The Hall–Kier alpha value is -3.63. The molecule has 0 aromatic heterocycles. The molecule has 6 rings (SSSR count). The van der Waals surface area contributed by atoms with E-state index in [9.17, 15) is 21.6 Å². The van der Waals surface area contributed by atoms with E-state index in [4.69, 9.17) is 0 Å². The number of aryl methyl sites for hydroxylation is 4. The summed E-state index contributed by atoms with van der Waals surface area (Å²) in [5, 5.41) is 0. The Morgan fingerprint density at radius 3 is 1.53 bits per heavy atom. The molecule has 2 aliphatic heterocycles. The molecule has 7 nitrogen and oxygen atoms in total. The van der Waals surface area contributed by atoms with Gasteiger partial charge in [-0.25, -0.2) is 16.8 Å². The van der Waals surface area contributed by atoms with Crippen LogP contribution in [0.5, 0.6) is 0 Å². The van der Waals surface area contributed by atoms with Crippen molar-refractivity contribution < 1.29 is 21.6 Å². The topological polar surface area (TPSA) is 91.8 Å². The fourth-order valence-electron chi connectivity index (χ4n) is 7.02. The first kappa shape index (κ1) is 33.3. The van der Waals surface area contributed by atoms with Crippen LogP contribution in [0.2, 0.25) is 0 Å². The lowest BCUT2D eigenvalue weighted by Gasteiger charge is -2.51. The second-order valence-corrected chi connectivity index (χ2v) is 16.6. The average molecular weight is 671 g/mol. The zero-order valence-electron chi connectivity index (χ0n) is 27.3. The van der Waals surface area contributed by atoms with E-state index in [0.717, 1.165) is 46.2 Å². The molecule has 2 heterocycles. The lowest BCUT2D eigenvalue weighted by Crippen LogP contribution is -2.60. The molecule has 0 N–H and O–H groups in total. The number of nitrogens with zero attached hydrogens (tertiary/aromatic N) is 2. The molecule has 2 saturated heterocycles. The second kappa shape index (κ2) is 13.1. The first-order chi connectivity index (χ1) is 22.4. The number of hydrogen-bond donors (Lipinski definition) is 0. The van der Waals surface area contributed by atoms with Crippen molar-refractivity contribution in [3.8, 4) is 0 Å². The van der Waals surface area contributed by atoms with Gasteiger partial charge in [0.05, 0.1) is 21.9 Å². The summed E-state index contributed by atoms with van der Waals surface area (Å²) in [6.45, 7) is 7.81. The third kappa shape index (κ3) is 6.34. The Balaban J connectivity index is 1.50. The van der Waals surface area contributed by atoms with Gasteiger partial charge in [0.15, 0.2) is 0 Å². The minimum atomic E-state index is -4.10. The number of ketones is 1. The minimum Gasteiger partial charge on any atom is -0.299 e. The quantitative estimate of drug-likeness (QED) is 0.202. The third-order valence-corrected chi connectivity index (χ3v) is 13.7. The van der Waals surface area contributed by atoms with Gasteiger partial charge in [-0.1, -0.05) is 97.8 Å². The van der Waals surface area contributed by atoms with E-state index in [0.29, 0.717) is 0 Å². The molecule has 0 amide bonds. The lowest BCUT2D eigenvalue weighted by molar-refractivity contribution is -0.132. The predicted molar refractivity (Wildman–Crippen MR) is 184 cm³/mol. The van der Waals surface area contributed by atoms with Crippen molar-refractivity contribution >= 4 is 25.8 Å². The van der Waals surface area contributed by atoms with Crippen LogP contribution in [0.1, 0.15) is 72.2 Å². The largest absolute Gasteiger partial charge is 0.299 e. The predicted octanol–water partition coefficient (Wildman–Crippen LogP) is 6.95. The molecule has 2 aliphatic rings. The van der Waals surface area contributed by atoms with E-state index in [1.54, 1.807) is 48.5 Å². The average Bonchev–Trinajstić information content (AvgIpc) is 3.08. The van der Waals surface area contributed by atoms with Crippen LogP contribution in [0.15, 0.2) is 107 Å². The summed E-state index contributed by atoms with van der Waals surface area (Å²) >= 11 is 0. The first-order valence-electron chi connectivity index (χ1n) is 16.3. The highest BCUT2D eigenvalue weighted by Crippen LogP contribution is 2.48. The van der Waals surface area contributed by atoms with Gasteiger partial charge in [-0.15, -0.1) is 0 Å². The van der Waals surface area contributed by atoms with Gasteiger partial charge < -0.3 is 0 Å². The Morgan fingerprint density at radius 2 is 1.06 bits per heavy atom. The Bertz CT molecular complexity index is 1960. The van der Waals surface area contributed by atoms with Crippen molar-refractivity contribution in [2.24, 2.45) is 5.92 Å². The van der Waals surface area contributed by atoms with Crippen molar-refractivity contribution in [3.05, 3.63) is 130 Å². The van der Waals surface area contributed by atoms with E-state index in [1.165, 1.54) is 8.61 Å². The number of carbonyl (C=O) groups is 1. The van der Waals surface area contributed by atoms with Crippen molar-refractivity contribution in [2.75, 3.05) is 6.54 Å². The molecule has 4 aromatic carbocycles. The van der Waals surface area contributed by atoms with Crippen LogP contribution in [-0.4, -0.2) is 43.8 Å². The highest BCUT2D eigenvalue weighted by atomic mass is 32.2. The van der Waals surface area contributed by atoms with Gasteiger partial charge in [-0.05, 0) is 79.6 Å². The van der Waals surface area contributed by atoms with Crippen LogP contribution in [-0.2, 0) is 37.7 Å². The van der Waals surface area contributed by atoms with E-state index in [2.05, 4.69) is 13.8 Å². The summed E-state index contributed by atoms with van der Waals surface area (Å²) in [5.74, 6) is -0.952.